The highest BCUT2D eigenvalue weighted by molar-refractivity contribution is 7.92. The molecule has 0 saturated heterocycles. The lowest BCUT2D eigenvalue weighted by molar-refractivity contribution is -0.384. The molecule has 2 aromatic rings. The van der Waals surface area contributed by atoms with Crippen molar-refractivity contribution < 1.29 is 18.4 Å². The molecule has 7 nitrogen and oxygen atoms in total. The summed E-state index contributed by atoms with van der Waals surface area (Å²) >= 11 is 0. The summed E-state index contributed by atoms with van der Waals surface area (Å²) in [4.78, 5) is 10.5. The van der Waals surface area contributed by atoms with Crippen molar-refractivity contribution in [3.8, 4) is 0 Å². The Bertz CT molecular complexity index is 893. The van der Waals surface area contributed by atoms with Gasteiger partial charge in [-0.05, 0) is 37.1 Å². The zero-order chi connectivity index (χ0) is 17.5. The average Bonchev–Trinajstić information content (AvgIpc) is 2.93. The molecular weight excluding hydrogens is 332 g/mol. The monoisotopic (exact) mass is 348 g/mol. The number of sulfonamides is 1. The third-order valence-corrected chi connectivity index (χ3v) is 5.97. The minimum atomic E-state index is -3.86. The number of nitro benzene ring substituents is 1. The van der Waals surface area contributed by atoms with Gasteiger partial charge in [0.25, 0.3) is 15.7 Å². The Kier molecular flexibility index (Phi) is 4.02. The summed E-state index contributed by atoms with van der Waals surface area (Å²) in [7, 11) is -3.86. The zero-order valence-corrected chi connectivity index (χ0v) is 13.7. The smallest absolute Gasteiger partial charge is 0.269 e. The van der Waals surface area contributed by atoms with E-state index in [1.165, 1.54) is 30.3 Å². The van der Waals surface area contributed by atoms with E-state index in [1.54, 1.807) is 12.1 Å². The van der Waals surface area contributed by atoms with E-state index >= 15 is 0 Å². The van der Waals surface area contributed by atoms with Crippen LogP contribution in [0.4, 0.5) is 11.4 Å². The van der Waals surface area contributed by atoms with Crippen LogP contribution in [-0.4, -0.2) is 31.1 Å². The van der Waals surface area contributed by atoms with Gasteiger partial charge in [-0.3, -0.25) is 14.4 Å². The molecule has 0 saturated carbocycles. The molecule has 0 fully saturated rings. The molecule has 3 rings (SSSR count). The number of nitrogens with zero attached hydrogens (tertiary/aromatic N) is 2. The van der Waals surface area contributed by atoms with E-state index in [-0.39, 0.29) is 23.6 Å². The van der Waals surface area contributed by atoms with Crippen LogP contribution in [0.25, 0.3) is 0 Å². The maximum atomic E-state index is 13.0. The molecule has 2 aromatic carbocycles. The minimum Gasteiger partial charge on any atom is -0.394 e. The van der Waals surface area contributed by atoms with Gasteiger partial charge in [0.05, 0.1) is 28.2 Å². The molecule has 24 heavy (non-hydrogen) atoms. The van der Waals surface area contributed by atoms with Crippen LogP contribution in [0, 0.1) is 17.0 Å². The fourth-order valence-corrected chi connectivity index (χ4v) is 4.56. The number of benzene rings is 2. The number of hydrogen-bond donors (Lipinski definition) is 1. The van der Waals surface area contributed by atoms with Gasteiger partial charge in [-0.25, -0.2) is 8.42 Å². The van der Waals surface area contributed by atoms with E-state index in [0.29, 0.717) is 11.3 Å². The molecule has 1 unspecified atom stereocenters. The third kappa shape index (κ3) is 2.63. The number of fused-ring (bicyclic) bond motifs is 1. The lowest BCUT2D eigenvalue weighted by Gasteiger charge is -2.25. The standard InChI is InChI=1S/C16H16N2O5S/c1-11-2-5-15(6-3-11)24(22,23)17-14(10-19)9-12-8-13(18(20)21)4-7-16(12)17/h2-8,14,19H,9-10H2,1H3. The van der Waals surface area contributed by atoms with Crippen LogP contribution in [0.5, 0.6) is 0 Å². The maximum absolute atomic E-state index is 13.0. The number of hydrogen-bond acceptors (Lipinski definition) is 5. The molecule has 0 spiro atoms. The fourth-order valence-electron chi connectivity index (χ4n) is 2.89. The molecule has 1 heterocycles. The van der Waals surface area contributed by atoms with Crippen LogP contribution < -0.4 is 4.31 Å². The van der Waals surface area contributed by atoms with Gasteiger partial charge in [0, 0.05) is 12.1 Å². The van der Waals surface area contributed by atoms with Gasteiger partial charge in [-0.1, -0.05) is 17.7 Å². The summed E-state index contributed by atoms with van der Waals surface area (Å²) in [6, 6.07) is 9.83. The summed E-state index contributed by atoms with van der Waals surface area (Å²) < 4.78 is 27.1. The summed E-state index contributed by atoms with van der Waals surface area (Å²) in [5.74, 6) is 0. The Hall–Kier alpha value is -2.45. The van der Waals surface area contributed by atoms with Crippen LogP contribution >= 0.6 is 0 Å². The highest BCUT2D eigenvalue weighted by atomic mass is 32.2. The molecule has 0 aliphatic carbocycles. The van der Waals surface area contributed by atoms with Crippen LogP contribution in [0.2, 0.25) is 0 Å². The first-order valence-electron chi connectivity index (χ1n) is 7.34. The summed E-state index contributed by atoms with van der Waals surface area (Å²) in [5, 5.41) is 20.5. The lowest BCUT2D eigenvalue weighted by atomic mass is 10.1. The molecule has 126 valence electrons. The van der Waals surface area contributed by atoms with Crippen molar-refractivity contribution in [2.45, 2.75) is 24.3 Å². The first-order chi connectivity index (χ1) is 11.3. The third-order valence-electron chi connectivity index (χ3n) is 4.09. The Morgan fingerprint density at radius 3 is 2.50 bits per heavy atom. The number of anilines is 1. The lowest BCUT2D eigenvalue weighted by Crippen LogP contribution is -2.39. The number of aliphatic hydroxyl groups excluding tert-OH is 1. The predicted octanol–water partition coefficient (Wildman–Crippen LogP) is 2.02. The van der Waals surface area contributed by atoms with Crippen molar-refractivity contribution in [1.82, 2.24) is 0 Å². The highest BCUT2D eigenvalue weighted by Crippen LogP contribution is 2.38. The Balaban J connectivity index is 2.10. The second-order valence-corrected chi connectivity index (χ2v) is 7.54. The normalized spacial score (nSPS) is 16.9. The van der Waals surface area contributed by atoms with Crippen LogP contribution in [0.3, 0.4) is 0 Å². The van der Waals surface area contributed by atoms with Crippen molar-refractivity contribution in [2.75, 3.05) is 10.9 Å². The molecule has 0 aromatic heterocycles. The average molecular weight is 348 g/mol. The van der Waals surface area contributed by atoms with Gasteiger partial charge >= 0.3 is 0 Å². The molecule has 1 atom stereocenters. The van der Waals surface area contributed by atoms with Gasteiger partial charge in [0.1, 0.15) is 0 Å². The molecule has 0 radical (unpaired) electrons. The first kappa shape index (κ1) is 16.4. The van der Waals surface area contributed by atoms with E-state index in [0.717, 1.165) is 9.87 Å². The molecule has 1 N–H and O–H groups in total. The molecule has 8 heteroatoms. The highest BCUT2D eigenvalue weighted by Gasteiger charge is 2.38. The van der Waals surface area contributed by atoms with E-state index in [1.807, 2.05) is 6.92 Å². The number of rotatable bonds is 4. The van der Waals surface area contributed by atoms with Crippen molar-refractivity contribution in [2.24, 2.45) is 0 Å². The molecule has 0 amide bonds. The molecular formula is C16H16N2O5S. The SMILES string of the molecule is Cc1ccc(S(=O)(=O)N2c3ccc([N+](=O)[O-])cc3CC2CO)cc1. The molecule has 1 aliphatic heterocycles. The number of aliphatic hydroxyl groups is 1. The topological polar surface area (TPSA) is 101 Å². The number of non-ortho nitro benzene ring substituents is 1. The van der Waals surface area contributed by atoms with Gasteiger partial charge in [-0.2, -0.15) is 0 Å². The van der Waals surface area contributed by atoms with E-state index in [4.69, 9.17) is 0 Å². The maximum Gasteiger partial charge on any atom is 0.269 e. The molecule has 0 bridgehead atoms. The van der Waals surface area contributed by atoms with Crippen molar-refractivity contribution in [1.29, 1.82) is 0 Å². The largest absolute Gasteiger partial charge is 0.394 e. The van der Waals surface area contributed by atoms with E-state index < -0.39 is 21.0 Å². The van der Waals surface area contributed by atoms with Gasteiger partial charge in [0.15, 0.2) is 0 Å². The zero-order valence-electron chi connectivity index (χ0n) is 12.9. The number of nitro groups is 1. The van der Waals surface area contributed by atoms with Crippen molar-refractivity contribution in [3.05, 3.63) is 63.7 Å². The van der Waals surface area contributed by atoms with Gasteiger partial charge in [-0.15, -0.1) is 0 Å². The van der Waals surface area contributed by atoms with E-state index in [9.17, 15) is 23.6 Å². The summed E-state index contributed by atoms with van der Waals surface area (Å²) in [5.41, 5.74) is 1.75. The number of aryl methyl sites for hydroxylation is 1. The predicted molar refractivity (Wildman–Crippen MR) is 88.5 cm³/mol. The minimum absolute atomic E-state index is 0.0972. The van der Waals surface area contributed by atoms with Crippen LogP contribution in [0.15, 0.2) is 47.4 Å². The van der Waals surface area contributed by atoms with E-state index in [2.05, 4.69) is 0 Å². The summed E-state index contributed by atoms with van der Waals surface area (Å²) in [6.45, 7) is 1.49. The quantitative estimate of drug-likeness (QED) is 0.673. The van der Waals surface area contributed by atoms with Crippen LogP contribution in [-0.2, 0) is 16.4 Å². The second kappa shape index (κ2) is 5.88. The van der Waals surface area contributed by atoms with Gasteiger partial charge in [0.2, 0.25) is 0 Å². The fraction of sp³-hybridized carbons (Fsp3) is 0.250. The Morgan fingerprint density at radius 1 is 1.25 bits per heavy atom. The van der Waals surface area contributed by atoms with Gasteiger partial charge < -0.3 is 5.11 Å². The van der Waals surface area contributed by atoms with Crippen molar-refractivity contribution in [3.63, 3.8) is 0 Å². The van der Waals surface area contributed by atoms with Crippen LogP contribution in [0.1, 0.15) is 11.1 Å². The first-order valence-corrected chi connectivity index (χ1v) is 8.78. The Morgan fingerprint density at radius 2 is 1.92 bits per heavy atom. The Labute approximate surface area is 139 Å². The molecule has 1 aliphatic rings. The summed E-state index contributed by atoms with van der Waals surface area (Å²) in [6.07, 6.45) is 0.235. The second-order valence-electron chi connectivity index (χ2n) is 5.72. The van der Waals surface area contributed by atoms with Crippen molar-refractivity contribution >= 4 is 21.4 Å².